The second-order valence-corrected chi connectivity index (χ2v) is 5.86. The predicted molar refractivity (Wildman–Crippen MR) is 89.1 cm³/mol. The van der Waals surface area contributed by atoms with Crippen LogP contribution in [0.5, 0.6) is 0 Å². The van der Waals surface area contributed by atoms with E-state index >= 15 is 0 Å². The molecule has 2 N–H and O–H groups in total. The molecule has 0 bridgehead atoms. The van der Waals surface area contributed by atoms with Gasteiger partial charge in [-0.15, -0.1) is 0 Å². The minimum Gasteiger partial charge on any atom is -0.374 e. The zero-order chi connectivity index (χ0) is 16.9. The fraction of sp³-hybridized carbons (Fsp3) is 0.562. The molecule has 0 spiro atoms. The second-order valence-electron chi connectivity index (χ2n) is 5.86. The number of aryl methyl sites for hydroxylation is 1. The van der Waals surface area contributed by atoms with Gasteiger partial charge in [0.25, 0.3) is 5.56 Å². The van der Waals surface area contributed by atoms with Gasteiger partial charge in [0.2, 0.25) is 0 Å². The van der Waals surface area contributed by atoms with E-state index in [1.807, 2.05) is 13.0 Å². The monoisotopic (exact) mass is 333 g/mol. The largest absolute Gasteiger partial charge is 0.374 e. The molecule has 2 aromatic rings. The Morgan fingerprint density at radius 2 is 2.29 bits per heavy atom. The number of nitrogens with zero attached hydrogens (tertiary/aromatic N) is 4. The minimum absolute atomic E-state index is 0.104. The molecule has 1 aliphatic rings. The first kappa shape index (κ1) is 16.7. The Morgan fingerprint density at radius 1 is 1.42 bits per heavy atom. The summed E-state index contributed by atoms with van der Waals surface area (Å²) in [6, 6.07) is 3.45. The summed E-state index contributed by atoms with van der Waals surface area (Å²) in [6.07, 6.45) is 3.43. The molecule has 3 rings (SSSR count). The Kier molecular flexibility index (Phi) is 5.27. The second kappa shape index (κ2) is 7.59. The molecule has 130 valence electrons. The van der Waals surface area contributed by atoms with Crippen LogP contribution in [-0.2, 0) is 17.7 Å². The summed E-state index contributed by atoms with van der Waals surface area (Å²) < 4.78 is 12.3. The van der Waals surface area contributed by atoms with Gasteiger partial charge < -0.3 is 19.9 Å². The third-order valence-electron chi connectivity index (χ3n) is 4.12. The van der Waals surface area contributed by atoms with Crippen molar-refractivity contribution in [3.05, 3.63) is 40.1 Å². The number of hydrogen-bond acceptors (Lipinski definition) is 7. The van der Waals surface area contributed by atoms with Gasteiger partial charge >= 0.3 is 0 Å². The quantitative estimate of drug-likeness (QED) is 0.816. The van der Waals surface area contributed by atoms with Crippen LogP contribution in [0.1, 0.15) is 24.8 Å². The molecule has 24 heavy (non-hydrogen) atoms. The van der Waals surface area contributed by atoms with Gasteiger partial charge in [0.15, 0.2) is 5.76 Å². The molecule has 1 fully saturated rings. The highest BCUT2D eigenvalue weighted by Gasteiger charge is 2.21. The van der Waals surface area contributed by atoms with Crippen LogP contribution < -0.4 is 16.2 Å². The molecule has 1 unspecified atom stereocenters. The zero-order valence-electron chi connectivity index (χ0n) is 13.9. The van der Waals surface area contributed by atoms with E-state index in [1.54, 1.807) is 12.3 Å². The Balaban J connectivity index is 1.71. The molecule has 0 radical (unpaired) electrons. The van der Waals surface area contributed by atoms with Crippen molar-refractivity contribution in [2.24, 2.45) is 5.73 Å². The van der Waals surface area contributed by atoms with E-state index in [1.165, 1.54) is 4.68 Å². The van der Waals surface area contributed by atoms with E-state index in [-0.39, 0.29) is 18.2 Å². The van der Waals surface area contributed by atoms with Gasteiger partial charge in [-0.3, -0.25) is 4.79 Å². The van der Waals surface area contributed by atoms with Crippen molar-refractivity contribution in [1.82, 2.24) is 14.9 Å². The molecular formula is C16H23N5O3. The lowest BCUT2D eigenvalue weighted by Crippen LogP contribution is -2.43. The Hall–Kier alpha value is -2.19. The smallest absolute Gasteiger partial charge is 0.269 e. The summed E-state index contributed by atoms with van der Waals surface area (Å²) in [4.78, 5) is 14.4. The predicted octanol–water partition coefficient (Wildman–Crippen LogP) is 0.396. The van der Waals surface area contributed by atoms with Crippen molar-refractivity contribution in [1.29, 1.82) is 0 Å². The lowest BCUT2D eigenvalue weighted by molar-refractivity contribution is 0.0368. The van der Waals surface area contributed by atoms with Gasteiger partial charge in [-0.05, 0) is 19.4 Å². The summed E-state index contributed by atoms with van der Waals surface area (Å²) >= 11 is 0. The van der Waals surface area contributed by atoms with Gasteiger partial charge in [0.1, 0.15) is 6.54 Å². The summed E-state index contributed by atoms with van der Waals surface area (Å²) in [5, 5.41) is 8.19. The maximum Gasteiger partial charge on any atom is 0.269 e. The average molecular weight is 333 g/mol. The van der Waals surface area contributed by atoms with E-state index in [2.05, 4.69) is 15.2 Å². The number of anilines is 1. The molecule has 0 saturated carbocycles. The van der Waals surface area contributed by atoms with Crippen LogP contribution in [0.15, 0.2) is 27.6 Å². The molecule has 2 aromatic heterocycles. The van der Waals surface area contributed by atoms with Crippen molar-refractivity contribution in [3.63, 3.8) is 0 Å². The van der Waals surface area contributed by atoms with Crippen LogP contribution in [0.3, 0.4) is 0 Å². The number of ether oxygens (including phenoxy) is 1. The summed E-state index contributed by atoms with van der Waals surface area (Å²) in [5.74, 6) is 0.628. The van der Waals surface area contributed by atoms with Crippen molar-refractivity contribution in [2.45, 2.75) is 32.4 Å². The maximum absolute atomic E-state index is 12.3. The first-order chi connectivity index (χ1) is 11.7. The van der Waals surface area contributed by atoms with Crippen LogP contribution in [0.4, 0.5) is 5.69 Å². The lowest BCUT2D eigenvalue weighted by atomic mass is 10.2. The molecule has 0 aliphatic carbocycles. The van der Waals surface area contributed by atoms with E-state index in [9.17, 15) is 4.79 Å². The zero-order valence-corrected chi connectivity index (χ0v) is 13.9. The van der Waals surface area contributed by atoms with Crippen LogP contribution in [0.25, 0.3) is 0 Å². The molecule has 1 saturated heterocycles. The van der Waals surface area contributed by atoms with E-state index in [0.29, 0.717) is 18.9 Å². The topological polar surface area (TPSA) is 99.4 Å². The fourth-order valence-electron chi connectivity index (χ4n) is 2.77. The van der Waals surface area contributed by atoms with Gasteiger partial charge in [-0.2, -0.15) is 5.10 Å². The van der Waals surface area contributed by atoms with Crippen molar-refractivity contribution in [3.8, 4) is 0 Å². The highest BCUT2D eigenvalue weighted by molar-refractivity contribution is 5.43. The molecule has 1 aliphatic heterocycles. The Morgan fingerprint density at radius 3 is 3.00 bits per heavy atom. The van der Waals surface area contributed by atoms with Gasteiger partial charge in [-0.25, -0.2) is 4.68 Å². The number of hydrogen-bond donors (Lipinski definition) is 1. The SMILES string of the molecule is CCc1cc(Cn2ncc(N3CCOC(CCN)C3)cc2=O)on1. The van der Waals surface area contributed by atoms with E-state index in [0.717, 1.165) is 37.3 Å². The van der Waals surface area contributed by atoms with Crippen molar-refractivity contribution in [2.75, 3.05) is 31.1 Å². The molecule has 1 atom stereocenters. The summed E-state index contributed by atoms with van der Waals surface area (Å²) in [7, 11) is 0. The number of nitrogens with two attached hydrogens (primary N) is 1. The maximum atomic E-state index is 12.3. The summed E-state index contributed by atoms with van der Waals surface area (Å²) in [5.41, 5.74) is 7.11. The molecule has 3 heterocycles. The third kappa shape index (κ3) is 3.82. The van der Waals surface area contributed by atoms with Gasteiger partial charge in [0, 0.05) is 25.2 Å². The van der Waals surface area contributed by atoms with Crippen LogP contribution in [-0.4, -0.2) is 47.3 Å². The van der Waals surface area contributed by atoms with Crippen LogP contribution >= 0.6 is 0 Å². The molecule has 8 heteroatoms. The van der Waals surface area contributed by atoms with Gasteiger partial charge in [0.05, 0.1) is 30.3 Å². The molecular weight excluding hydrogens is 310 g/mol. The first-order valence-electron chi connectivity index (χ1n) is 8.28. The first-order valence-corrected chi connectivity index (χ1v) is 8.28. The fourth-order valence-corrected chi connectivity index (χ4v) is 2.77. The lowest BCUT2D eigenvalue weighted by Gasteiger charge is -2.34. The summed E-state index contributed by atoms with van der Waals surface area (Å²) in [6.45, 7) is 4.98. The van der Waals surface area contributed by atoms with Gasteiger partial charge in [-0.1, -0.05) is 12.1 Å². The third-order valence-corrected chi connectivity index (χ3v) is 4.12. The number of rotatable bonds is 6. The number of aromatic nitrogens is 3. The Labute approximate surface area is 140 Å². The van der Waals surface area contributed by atoms with Crippen molar-refractivity contribution >= 4 is 5.69 Å². The highest BCUT2D eigenvalue weighted by Crippen LogP contribution is 2.16. The average Bonchev–Trinajstić information content (AvgIpc) is 3.05. The molecule has 0 aromatic carbocycles. The van der Waals surface area contributed by atoms with Crippen LogP contribution in [0, 0.1) is 0 Å². The number of morpholine rings is 1. The van der Waals surface area contributed by atoms with E-state index < -0.39 is 0 Å². The molecule has 8 nitrogen and oxygen atoms in total. The Bertz CT molecular complexity index is 724. The standard InChI is InChI=1S/C16H23N5O3/c1-2-12-7-15(24-19-12)11-21-16(22)8-13(9-18-21)20-5-6-23-14(10-20)3-4-17/h7-9,14H,2-6,10-11,17H2,1H3. The van der Waals surface area contributed by atoms with E-state index in [4.69, 9.17) is 15.0 Å². The normalized spacial score (nSPS) is 18.1. The molecule has 0 amide bonds. The van der Waals surface area contributed by atoms with Crippen LogP contribution in [0.2, 0.25) is 0 Å². The highest BCUT2D eigenvalue weighted by atomic mass is 16.5. The minimum atomic E-state index is -0.163. The van der Waals surface area contributed by atoms with Crippen molar-refractivity contribution < 1.29 is 9.26 Å².